The van der Waals surface area contributed by atoms with Crippen molar-refractivity contribution in [1.29, 1.82) is 0 Å². The summed E-state index contributed by atoms with van der Waals surface area (Å²) < 4.78 is 0. The summed E-state index contributed by atoms with van der Waals surface area (Å²) in [5.41, 5.74) is 10.2. The molecule has 4 N–H and O–H groups in total. The first-order chi connectivity index (χ1) is 19.4. The molecular weight excluding hydrogens is 535 g/mol. The first-order valence-corrected chi connectivity index (χ1v) is 17.8. The molecule has 7 rings (SSSR count). The summed E-state index contributed by atoms with van der Waals surface area (Å²) in [5, 5.41) is 14.2. The number of guanidine groups is 1. The van der Waals surface area contributed by atoms with Crippen LogP contribution in [0.2, 0.25) is 0 Å². The molecule has 2 aliphatic heterocycles. The predicted octanol–water partition coefficient (Wildman–Crippen LogP) is 5.55. The summed E-state index contributed by atoms with van der Waals surface area (Å²) in [4.78, 5) is 18.9. The van der Waals surface area contributed by atoms with Crippen molar-refractivity contribution >= 4 is 33.3 Å². The van der Waals surface area contributed by atoms with Gasteiger partial charge in [0.05, 0.1) is 11.5 Å². The van der Waals surface area contributed by atoms with Crippen LogP contribution in [0, 0.1) is 40.4 Å². The van der Waals surface area contributed by atoms with E-state index in [1.807, 2.05) is 21.6 Å². The monoisotopic (exact) mass is 577 g/mol. The van der Waals surface area contributed by atoms with Crippen LogP contribution in [0.25, 0.3) is 0 Å². The zero-order valence-corrected chi connectivity index (χ0v) is 25.2. The van der Waals surface area contributed by atoms with Gasteiger partial charge < -0.3 is 16.2 Å². The van der Waals surface area contributed by atoms with Crippen LogP contribution in [-0.2, 0) is 11.2 Å². The van der Waals surface area contributed by atoms with Crippen LogP contribution >= 0.6 is 21.6 Å². The molecule has 4 aliphatic carbocycles. The number of allylic oxidation sites excluding steroid dienone is 4. The van der Waals surface area contributed by atoms with Gasteiger partial charge in [-0.1, -0.05) is 76.6 Å². The van der Waals surface area contributed by atoms with E-state index >= 15 is 0 Å². The van der Waals surface area contributed by atoms with Crippen molar-refractivity contribution in [2.24, 2.45) is 51.1 Å². The van der Waals surface area contributed by atoms with Gasteiger partial charge in [-0.05, 0) is 85.7 Å². The molecular formula is C33H43N3O2S2. The van der Waals surface area contributed by atoms with Gasteiger partial charge in [0.1, 0.15) is 0 Å². The van der Waals surface area contributed by atoms with Crippen molar-refractivity contribution in [2.75, 3.05) is 24.7 Å². The van der Waals surface area contributed by atoms with Crippen molar-refractivity contribution in [3.8, 4) is 0 Å². The minimum absolute atomic E-state index is 0.0310. The smallest absolute Gasteiger partial charge is 0.189 e. The van der Waals surface area contributed by atoms with Crippen LogP contribution in [0.4, 0.5) is 0 Å². The number of aliphatic imine (C=N–C) groups is 1. The molecule has 0 saturated heterocycles. The van der Waals surface area contributed by atoms with Gasteiger partial charge in [-0.15, -0.1) is 0 Å². The van der Waals surface area contributed by atoms with E-state index in [0.717, 1.165) is 75.0 Å². The molecule has 40 heavy (non-hydrogen) atoms. The Morgan fingerprint density at radius 2 is 2.05 bits per heavy atom. The van der Waals surface area contributed by atoms with E-state index in [4.69, 9.17) is 5.73 Å². The number of nitrogens with zero attached hydrogens (tertiary/aromatic N) is 1. The minimum Gasteiger partial charge on any atom is -0.396 e. The molecule has 0 amide bonds. The van der Waals surface area contributed by atoms with Gasteiger partial charge in [-0.25, -0.2) is 0 Å². The Hall–Kier alpha value is -1.70. The summed E-state index contributed by atoms with van der Waals surface area (Å²) in [6.07, 6.45) is 12.6. The average molecular weight is 578 g/mol. The lowest BCUT2D eigenvalue weighted by molar-refractivity contribution is -0.134. The Morgan fingerprint density at radius 1 is 1.20 bits per heavy atom. The molecule has 7 heteroatoms. The molecule has 0 aromatic heterocycles. The quantitative estimate of drug-likeness (QED) is 0.322. The second-order valence-corrected chi connectivity index (χ2v) is 16.1. The Labute approximate surface area is 246 Å². The highest BCUT2D eigenvalue weighted by Gasteiger charge is 2.73. The lowest BCUT2D eigenvalue weighted by Crippen LogP contribution is -2.61. The van der Waals surface area contributed by atoms with E-state index in [1.54, 1.807) is 0 Å². The van der Waals surface area contributed by atoms with Gasteiger partial charge in [-0.3, -0.25) is 9.79 Å². The lowest BCUT2D eigenvalue weighted by atomic mass is 9.44. The highest BCUT2D eigenvalue weighted by Crippen LogP contribution is 2.78. The number of nitrogens with one attached hydrogen (secondary N) is 1. The van der Waals surface area contributed by atoms with Gasteiger partial charge in [0, 0.05) is 36.0 Å². The maximum atomic E-state index is 14.3. The van der Waals surface area contributed by atoms with Crippen molar-refractivity contribution in [3.63, 3.8) is 0 Å². The molecule has 0 radical (unpaired) electrons. The van der Waals surface area contributed by atoms with Crippen LogP contribution in [-0.4, -0.2) is 47.0 Å². The maximum absolute atomic E-state index is 14.3. The SMILES string of the molecule is C[C@]12CCSSC[C@@]3(CCCC4=C5C[C@H]1C[C@H](CO)[C@H]1CC=C[C@H](C4=O)[C@@]512)NC(N)=NC[C@H]3Cc1ccccc1. The molecule has 1 aromatic rings. The van der Waals surface area contributed by atoms with Crippen molar-refractivity contribution < 1.29 is 9.90 Å². The fraction of sp³-hybridized carbons (Fsp3) is 0.636. The lowest BCUT2D eigenvalue weighted by Gasteiger charge is -2.59. The standard InChI is InChI=1S/C33H43N3O2S2/c1-31-13-14-39-40-20-32(24(18-35-30(34)36-32)15-21-7-3-2-4-8-21)12-6-9-25-28-17-23(31)16-22(19-37)26-10-5-11-27(29(25)38)33(26,28)31/h2-5,7-8,11,22-24,26-27,37H,6,9-10,12-20H2,1H3,(H3,34,35,36)/t22-,23-,24-,26-,27-,31+,32-,33-/m1/s1. The van der Waals surface area contributed by atoms with E-state index in [0.29, 0.717) is 35.4 Å². The number of aliphatic hydroxyl groups excluding tert-OH is 1. The van der Waals surface area contributed by atoms with Crippen LogP contribution < -0.4 is 11.1 Å². The van der Waals surface area contributed by atoms with E-state index in [9.17, 15) is 9.90 Å². The predicted molar refractivity (Wildman–Crippen MR) is 166 cm³/mol. The van der Waals surface area contributed by atoms with Gasteiger partial charge in [0.25, 0.3) is 0 Å². The normalized spacial score (nSPS) is 42.6. The number of hydrogen-bond acceptors (Lipinski definition) is 7. The fourth-order valence-corrected chi connectivity index (χ4v) is 13.1. The van der Waals surface area contributed by atoms with Crippen LogP contribution in [0.1, 0.15) is 57.4 Å². The number of nitrogens with two attached hydrogens (primary N) is 1. The molecule has 214 valence electrons. The third kappa shape index (κ3) is 3.86. The van der Waals surface area contributed by atoms with Crippen LogP contribution in [0.5, 0.6) is 0 Å². The zero-order chi connectivity index (χ0) is 27.5. The number of ketones is 1. The zero-order valence-electron chi connectivity index (χ0n) is 23.6. The van der Waals surface area contributed by atoms with Crippen LogP contribution in [0.15, 0.2) is 58.6 Å². The van der Waals surface area contributed by atoms with Gasteiger partial charge >= 0.3 is 0 Å². The van der Waals surface area contributed by atoms with Gasteiger partial charge in [-0.2, -0.15) is 0 Å². The van der Waals surface area contributed by atoms with E-state index < -0.39 is 0 Å². The number of Topliss-reactive ketones (excluding diaryl/α,β-unsaturated/α-hetero) is 1. The number of benzene rings is 1. The molecule has 5 bridgehead atoms. The molecule has 2 fully saturated rings. The van der Waals surface area contributed by atoms with Crippen molar-refractivity contribution in [2.45, 2.75) is 63.8 Å². The summed E-state index contributed by atoms with van der Waals surface area (Å²) in [6, 6.07) is 10.8. The topological polar surface area (TPSA) is 87.7 Å². The molecule has 8 atom stereocenters. The molecule has 6 aliphatic rings. The Balaban J connectivity index is 1.25. The summed E-state index contributed by atoms with van der Waals surface area (Å²) >= 11 is 0. The number of carbonyl (C=O) groups is 1. The summed E-state index contributed by atoms with van der Waals surface area (Å²) in [7, 11) is 4.02. The molecule has 0 unspecified atom stereocenters. The Bertz CT molecular complexity index is 1260. The van der Waals surface area contributed by atoms with E-state index in [1.165, 1.54) is 11.1 Å². The summed E-state index contributed by atoms with van der Waals surface area (Å²) in [6.45, 7) is 3.52. The van der Waals surface area contributed by atoms with Crippen molar-refractivity contribution in [3.05, 3.63) is 59.2 Å². The fourth-order valence-electron chi connectivity index (χ4n) is 10.2. The number of hydrogen-bond donors (Lipinski definition) is 3. The molecule has 2 heterocycles. The molecule has 1 aromatic carbocycles. The Kier molecular flexibility index (Phi) is 6.95. The molecule has 2 spiro atoms. The minimum atomic E-state index is -0.144. The average Bonchev–Trinajstić information content (AvgIpc) is 3.25. The number of rotatable bonds is 3. The van der Waals surface area contributed by atoms with Crippen LogP contribution in [0.3, 0.4) is 0 Å². The number of carbonyl (C=O) groups excluding carboxylic acids is 1. The molecule has 5 nitrogen and oxygen atoms in total. The van der Waals surface area contributed by atoms with E-state index in [2.05, 4.69) is 59.7 Å². The second kappa shape index (κ2) is 10.2. The van der Waals surface area contributed by atoms with Gasteiger partial charge in [0.2, 0.25) is 0 Å². The van der Waals surface area contributed by atoms with E-state index in [-0.39, 0.29) is 28.9 Å². The second-order valence-electron chi connectivity index (χ2n) is 13.5. The first kappa shape index (κ1) is 27.2. The van der Waals surface area contributed by atoms with Crippen molar-refractivity contribution in [1.82, 2.24) is 5.32 Å². The third-order valence-corrected chi connectivity index (χ3v) is 14.6. The maximum Gasteiger partial charge on any atom is 0.189 e. The highest BCUT2D eigenvalue weighted by atomic mass is 33.1. The number of aliphatic hydroxyl groups is 1. The molecule has 2 saturated carbocycles. The largest absolute Gasteiger partial charge is 0.396 e. The highest BCUT2D eigenvalue weighted by molar-refractivity contribution is 8.76. The Morgan fingerprint density at radius 3 is 2.88 bits per heavy atom. The first-order valence-electron chi connectivity index (χ1n) is 15.3. The third-order valence-electron chi connectivity index (χ3n) is 12.0. The van der Waals surface area contributed by atoms with Gasteiger partial charge in [0.15, 0.2) is 11.7 Å². The summed E-state index contributed by atoms with van der Waals surface area (Å²) in [5.74, 6) is 4.61.